The molecule has 1 saturated carbocycles. The van der Waals surface area contributed by atoms with Crippen molar-refractivity contribution >= 4 is 17.7 Å². The number of nitrogens with one attached hydrogen (secondary N) is 1. The summed E-state index contributed by atoms with van der Waals surface area (Å²) in [6.45, 7) is 5.65. The average Bonchev–Trinajstić information content (AvgIpc) is 2.75. The van der Waals surface area contributed by atoms with Gasteiger partial charge in [-0.2, -0.15) is 0 Å². The minimum Gasteiger partial charge on any atom is -0.323 e. The van der Waals surface area contributed by atoms with E-state index < -0.39 is 11.6 Å². The first-order valence-corrected chi connectivity index (χ1v) is 8.60. The molecule has 2 atom stereocenters. The van der Waals surface area contributed by atoms with Crippen LogP contribution < -0.4 is 5.32 Å². The summed E-state index contributed by atoms with van der Waals surface area (Å²) in [5.74, 6) is -0.335. The van der Waals surface area contributed by atoms with Gasteiger partial charge >= 0.3 is 6.03 Å². The van der Waals surface area contributed by atoms with E-state index in [1.807, 2.05) is 32.9 Å². The number of benzene rings is 1. The van der Waals surface area contributed by atoms with Gasteiger partial charge in [0.05, 0.1) is 6.54 Å². The molecule has 0 bridgehead atoms. The monoisotopic (exact) mass is 328 g/mol. The number of ketones is 1. The molecule has 1 saturated heterocycles. The molecule has 1 aliphatic heterocycles. The normalized spacial score (nSPS) is 26.8. The second-order valence-electron chi connectivity index (χ2n) is 7.18. The van der Waals surface area contributed by atoms with Crippen molar-refractivity contribution in [3.8, 4) is 0 Å². The fourth-order valence-corrected chi connectivity index (χ4v) is 3.99. The fourth-order valence-electron chi connectivity index (χ4n) is 3.99. The van der Waals surface area contributed by atoms with E-state index in [-0.39, 0.29) is 24.2 Å². The van der Waals surface area contributed by atoms with Crippen LogP contribution in [0.5, 0.6) is 0 Å². The van der Waals surface area contributed by atoms with Gasteiger partial charge in [0.1, 0.15) is 5.54 Å². The topological polar surface area (TPSA) is 66.5 Å². The van der Waals surface area contributed by atoms with Crippen LogP contribution in [0.25, 0.3) is 0 Å². The molecule has 5 nitrogen and oxygen atoms in total. The third-order valence-corrected chi connectivity index (χ3v) is 5.49. The first-order valence-electron chi connectivity index (χ1n) is 8.60. The van der Waals surface area contributed by atoms with Crippen LogP contribution in [0.1, 0.15) is 54.1 Å². The van der Waals surface area contributed by atoms with Crippen molar-refractivity contribution in [1.29, 1.82) is 0 Å². The lowest BCUT2D eigenvalue weighted by molar-refractivity contribution is -0.133. The highest BCUT2D eigenvalue weighted by Gasteiger charge is 2.55. The highest BCUT2D eigenvalue weighted by Crippen LogP contribution is 2.38. The van der Waals surface area contributed by atoms with Gasteiger partial charge in [-0.1, -0.05) is 43.5 Å². The summed E-state index contributed by atoms with van der Waals surface area (Å²) in [7, 11) is 0. The predicted molar refractivity (Wildman–Crippen MR) is 90.9 cm³/mol. The molecule has 1 aromatic rings. The molecule has 1 spiro atoms. The number of nitrogens with zero attached hydrogens (tertiary/aromatic N) is 1. The van der Waals surface area contributed by atoms with Crippen LogP contribution in [0, 0.1) is 19.8 Å². The standard InChI is InChI=1S/C19H24N2O3/c1-12-7-8-15(13(2)10-12)16(22)11-21-17(23)19(20-18(21)24)9-5-4-6-14(19)3/h7-8,10,14H,4-6,9,11H2,1-3H3,(H,20,24)/t14-,19+/m0/s1. The molecule has 1 aromatic carbocycles. The molecule has 3 rings (SSSR count). The van der Waals surface area contributed by atoms with Gasteiger partial charge in [0.2, 0.25) is 0 Å². The molecule has 1 aliphatic carbocycles. The number of Topliss-reactive ketones (excluding diaryl/α,β-unsaturated/α-hetero) is 1. The quantitative estimate of drug-likeness (QED) is 0.685. The van der Waals surface area contributed by atoms with Gasteiger partial charge in [-0.3, -0.25) is 14.5 Å². The van der Waals surface area contributed by atoms with Gasteiger partial charge in [-0.05, 0) is 38.2 Å². The van der Waals surface area contributed by atoms with Crippen molar-refractivity contribution in [3.05, 3.63) is 34.9 Å². The molecule has 0 unspecified atom stereocenters. The van der Waals surface area contributed by atoms with Crippen molar-refractivity contribution in [2.24, 2.45) is 5.92 Å². The van der Waals surface area contributed by atoms with Crippen LogP contribution in [0.3, 0.4) is 0 Å². The molecule has 24 heavy (non-hydrogen) atoms. The zero-order valence-corrected chi connectivity index (χ0v) is 14.5. The lowest BCUT2D eigenvalue weighted by atomic mass is 9.73. The summed E-state index contributed by atoms with van der Waals surface area (Å²) < 4.78 is 0. The molecule has 5 heteroatoms. The Morgan fingerprint density at radius 3 is 2.71 bits per heavy atom. The average molecular weight is 328 g/mol. The van der Waals surface area contributed by atoms with Crippen LogP contribution in [0.2, 0.25) is 0 Å². The lowest BCUT2D eigenvalue weighted by Gasteiger charge is -2.36. The second kappa shape index (κ2) is 6.04. The number of hydrogen-bond acceptors (Lipinski definition) is 3. The number of carbonyl (C=O) groups excluding carboxylic acids is 3. The van der Waals surface area contributed by atoms with Crippen LogP contribution in [-0.4, -0.2) is 34.7 Å². The van der Waals surface area contributed by atoms with Crippen LogP contribution >= 0.6 is 0 Å². The SMILES string of the molecule is Cc1ccc(C(=O)CN2C(=O)N[C@@]3(CCCC[C@@H]3C)C2=O)c(C)c1. The van der Waals surface area contributed by atoms with E-state index in [1.165, 1.54) is 0 Å². The Morgan fingerprint density at radius 1 is 1.29 bits per heavy atom. The molecule has 1 N–H and O–H groups in total. The van der Waals surface area contributed by atoms with E-state index in [1.54, 1.807) is 6.07 Å². The Labute approximate surface area is 142 Å². The summed E-state index contributed by atoms with van der Waals surface area (Å²) in [6.07, 6.45) is 3.58. The zero-order valence-electron chi connectivity index (χ0n) is 14.5. The molecule has 128 valence electrons. The predicted octanol–water partition coefficient (Wildman–Crippen LogP) is 2.99. The van der Waals surface area contributed by atoms with Gasteiger partial charge in [0, 0.05) is 5.56 Å². The van der Waals surface area contributed by atoms with E-state index in [0.717, 1.165) is 35.3 Å². The Kier molecular flexibility index (Phi) is 4.20. The maximum atomic E-state index is 12.9. The summed E-state index contributed by atoms with van der Waals surface area (Å²) >= 11 is 0. The number of aryl methyl sites for hydroxylation is 2. The molecular formula is C19H24N2O3. The van der Waals surface area contributed by atoms with Crippen molar-refractivity contribution in [2.75, 3.05) is 6.54 Å². The van der Waals surface area contributed by atoms with E-state index in [9.17, 15) is 14.4 Å². The van der Waals surface area contributed by atoms with E-state index in [0.29, 0.717) is 12.0 Å². The summed E-state index contributed by atoms with van der Waals surface area (Å²) in [6, 6.07) is 5.14. The number of amides is 3. The number of urea groups is 1. The summed E-state index contributed by atoms with van der Waals surface area (Å²) in [4.78, 5) is 39.0. The Morgan fingerprint density at radius 2 is 2.04 bits per heavy atom. The molecule has 0 aromatic heterocycles. The maximum absolute atomic E-state index is 12.9. The molecular weight excluding hydrogens is 304 g/mol. The van der Waals surface area contributed by atoms with Crippen LogP contribution in [0.15, 0.2) is 18.2 Å². The van der Waals surface area contributed by atoms with Gasteiger partial charge in [-0.25, -0.2) is 4.79 Å². The minimum absolute atomic E-state index is 0.101. The van der Waals surface area contributed by atoms with E-state index in [4.69, 9.17) is 0 Å². The second-order valence-corrected chi connectivity index (χ2v) is 7.18. The van der Waals surface area contributed by atoms with Gasteiger partial charge in [0.25, 0.3) is 5.91 Å². The third-order valence-electron chi connectivity index (χ3n) is 5.49. The lowest BCUT2D eigenvalue weighted by Crippen LogP contribution is -2.54. The summed E-state index contributed by atoms with van der Waals surface area (Å²) in [5, 5.41) is 2.88. The van der Waals surface area contributed by atoms with Crippen molar-refractivity contribution in [2.45, 2.75) is 52.0 Å². The molecule has 0 radical (unpaired) electrons. The molecule has 2 fully saturated rings. The van der Waals surface area contributed by atoms with Crippen molar-refractivity contribution in [3.63, 3.8) is 0 Å². The Balaban J connectivity index is 1.81. The Bertz CT molecular complexity index is 713. The fraction of sp³-hybridized carbons (Fsp3) is 0.526. The Hall–Kier alpha value is -2.17. The van der Waals surface area contributed by atoms with Crippen molar-refractivity contribution < 1.29 is 14.4 Å². The highest BCUT2D eigenvalue weighted by molar-refractivity contribution is 6.11. The molecule has 1 heterocycles. The maximum Gasteiger partial charge on any atom is 0.325 e. The largest absolute Gasteiger partial charge is 0.325 e. The number of carbonyl (C=O) groups is 3. The van der Waals surface area contributed by atoms with Crippen molar-refractivity contribution in [1.82, 2.24) is 10.2 Å². The van der Waals surface area contributed by atoms with Gasteiger partial charge < -0.3 is 5.32 Å². The zero-order chi connectivity index (χ0) is 17.5. The first-order chi connectivity index (χ1) is 11.3. The van der Waals surface area contributed by atoms with E-state index in [2.05, 4.69) is 5.32 Å². The van der Waals surface area contributed by atoms with Crippen LogP contribution in [-0.2, 0) is 4.79 Å². The molecule has 3 amide bonds. The minimum atomic E-state index is -0.808. The number of rotatable bonds is 3. The number of hydrogen-bond donors (Lipinski definition) is 1. The third kappa shape index (κ3) is 2.62. The summed E-state index contributed by atoms with van der Waals surface area (Å²) in [5.41, 5.74) is 1.71. The van der Waals surface area contributed by atoms with E-state index >= 15 is 0 Å². The van der Waals surface area contributed by atoms with Crippen LogP contribution in [0.4, 0.5) is 4.79 Å². The first kappa shape index (κ1) is 16.7. The molecule has 2 aliphatic rings. The van der Waals surface area contributed by atoms with Gasteiger partial charge in [-0.15, -0.1) is 0 Å². The smallest absolute Gasteiger partial charge is 0.323 e. The van der Waals surface area contributed by atoms with Gasteiger partial charge in [0.15, 0.2) is 5.78 Å². The number of imide groups is 1. The highest BCUT2D eigenvalue weighted by atomic mass is 16.2.